The number of likely N-dealkylation sites (tertiary alicyclic amines) is 1. The Hall–Kier alpha value is -1.86. The number of ether oxygens (including phenoxy) is 2. The number of rotatable bonds is 12. The largest absolute Gasteiger partial charge is 0.385 e. The lowest BCUT2D eigenvalue weighted by molar-refractivity contribution is -0.138. The summed E-state index contributed by atoms with van der Waals surface area (Å²) in [4.78, 5) is 32.9. The molecule has 3 fully saturated rings. The predicted molar refractivity (Wildman–Crippen MR) is 202 cm³/mol. The summed E-state index contributed by atoms with van der Waals surface area (Å²) < 4.78 is 10.4. The van der Waals surface area contributed by atoms with Gasteiger partial charge in [-0.1, -0.05) is 58.5 Å². The molecule has 3 aliphatic heterocycles. The van der Waals surface area contributed by atoms with Crippen LogP contribution in [0.25, 0.3) is 0 Å². The van der Waals surface area contributed by atoms with Gasteiger partial charge < -0.3 is 30.3 Å². The summed E-state index contributed by atoms with van der Waals surface area (Å²) in [7, 11) is 3.44. The molecule has 0 unspecified atom stereocenters. The van der Waals surface area contributed by atoms with Crippen molar-refractivity contribution in [3.8, 4) is 0 Å². The van der Waals surface area contributed by atoms with Crippen LogP contribution >= 0.6 is 46.4 Å². The van der Waals surface area contributed by atoms with E-state index in [1.807, 2.05) is 41.3 Å². The zero-order valence-electron chi connectivity index (χ0n) is 29.2. The number of hydrogen-bond donors (Lipinski definition) is 2. The van der Waals surface area contributed by atoms with Crippen molar-refractivity contribution in [3.05, 3.63) is 67.6 Å². The van der Waals surface area contributed by atoms with Gasteiger partial charge in [-0.2, -0.15) is 0 Å². The van der Waals surface area contributed by atoms with Crippen molar-refractivity contribution in [1.82, 2.24) is 24.9 Å². The number of piperazine rings is 2. The molecule has 14 heteroatoms. The van der Waals surface area contributed by atoms with Gasteiger partial charge in [-0.05, 0) is 67.0 Å². The number of hydrogen-bond acceptors (Lipinski definition) is 7. The number of amides is 3. The van der Waals surface area contributed by atoms with Gasteiger partial charge in [-0.25, -0.2) is 4.79 Å². The molecule has 0 spiro atoms. The van der Waals surface area contributed by atoms with Gasteiger partial charge in [0.25, 0.3) is 0 Å². The molecule has 3 amide bonds. The Balaban J connectivity index is 0.000000252. The standard InChI is InChI=1S/C22H32Cl2N4O3.C14H20Cl2N2O/c1-31-11-6-18-15-26(14-17-2-3-19(23)20(24)12-17)9-10-28(18)21(29)13-16-4-7-27(8-5-16)22(25)30;1-19-7-4-12-10-18(6-5-17-12)9-11-2-3-13(15)14(16)8-11/h2-3,12,16,18H,4-11,13-15H2,1H3,(H2,25,30);2-3,8,12,17H,4-7,9-10H2,1H3/t18-;12-/m00/s1. The van der Waals surface area contributed by atoms with Crippen molar-refractivity contribution >= 4 is 58.3 Å². The number of methoxy groups -OCH3 is 2. The van der Waals surface area contributed by atoms with Crippen LogP contribution in [0.1, 0.15) is 43.2 Å². The molecule has 3 N–H and O–H groups in total. The number of primary amides is 1. The summed E-state index contributed by atoms with van der Waals surface area (Å²) in [5.74, 6) is 0.508. The zero-order chi connectivity index (χ0) is 36.0. The first-order chi connectivity index (χ1) is 24.1. The van der Waals surface area contributed by atoms with Crippen LogP contribution in [0.4, 0.5) is 4.79 Å². The fraction of sp³-hybridized carbons (Fsp3) is 0.611. The van der Waals surface area contributed by atoms with Gasteiger partial charge in [-0.3, -0.25) is 14.6 Å². The monoisotopic (exact) mass is 772 g/mol. The number of halogens is 4. The number of carbonyl (C=O) groups is 2. The van der Waals surface area contributed by atoms with Crippen molar-refractivity contribution in [2.75, 3.05) is 79.8 Å². The molecule has 2 aromatic carbocycles. The van der Waals surface area contributed by atoms with Gasteiger partial charge in [0.05, 0.1) is 20.1 Å². The maximum Gasteiger partial charge on any atom is 0.314 e. The Morgan fingerprint density at radius 2 is 1.36 bits per heavy atom. The molecule has 10 nitrogen and oxygen atoms in total. The number of nitrogens with one attached hydrogen (secondary N) is 1. The second kappa shape index (κ2) is 21.0. The smallest absolute Gasteiger partial charge is 0.314 e. The third-order valence-corrected chi connectivity index (χ3v) is 11.2. The normalized spacial score (nSPS) is 20.8. The molecule has 3 saturated heterocycles. The van der Waals surface area contributed by atoms with Gasteiger partial charge in [0.1, 0.15) is 0 Å². The minimum Gasteiger partial charge on any atom is -0.385 e. The number of benzene rings is 2. The van der Waals surface area contributed by atoms with Crippen LogP contribution in [0.15, 0.2) is 36.4 Å². The summed E-state index contributed by atoms with van der Waals surface area (Å²) in [6, 6.07) is 11.8. The van der Waals surface area contributed by atoms with Crippen molar-refractivity contribution in [2.45, 2.75) is 57.3 Å². The first-order valence-corrected chi connectivity index (χ1v) is 18.9. The molecule has 3 heterocycles. The fourth-order valence-corrected chi connectivity index (χ4v) is 7.54. The molecule has 0 saturated carbocycles. The van der Waals surface area contributed by atoms with Crippen LogP contribution < -0.4 is 11.1 Å². The van der Waals surface area contributed by atoms with E-state index in [1.165, 1.54) is 5.56 Å². The van der Waals surface area contributed by atoms with E-state index in [2.05, 4.69) is 15.1 Å². The van der Waals surface area contributed by atoms with E-state index in [9.17, 15) is 9.59 Å². The molecule has 0 radical (unpaired) electrons. The van der Waals surface area contributed by atoms with Crippen LogP contribution in [-0.4, -0.2) is 123 Å². The number of piperidine rings is 1. The summed E-state index contributed by atoms with van der Waals surface area (Å²) in [5.41, 5.74) is 7.68. The molecule has 0 bridgehead atoms. The molecular formula is C36H52Cl4N6O4. The average molecular weight is 775 g/mol. The van der Waals surface area contributed by atoms with E-state index in [0.29, 0.717) is 64.7 Å². The van der Waals surface area contributed by atoms with Crippen LogP contribution in [0.3, 0.4) is 0 Å². The van der Waals surface area contributed by atoms with Gasteiger partial charge >= 0.3 is 6.03 Å². The van der Waals surface area contributed by atoms with Crippen LogP contribution in [0.2, 0.25) is 20.1 Å². The Kier molecular flexibility index (Phi) is 17.2. The average Bonchev–Trinajstić information content (AvgIpc) is 3.10. The summed E-state index contributed by atoms with van der Waals surface area (Å²) in [6.45, 7) is 9.83. The second-order valence-electron chi connectivity index (χ2n) is 13.4. The van der Waals surface area contributed by atoms with Crippen LogP contribution in [0, 0.1) is 5.92 Å². The first kappa shape index (κ1) is 40.9. The van der Waals surface area contributed by atoms with E-state index in [-0.39, 0.29) is 18.0 Å². The van der Waals surface area contributed by atoms with Gasteiger partial charge in [0.2, 0.25) is 5.91 Å². The molecule has 3 aliphatic rings. The van der Waals surface area contributed by atoms with Gasteiger partial charge in [0, 0.05) is 111 Å². The molecule has 278 valence electrons. The third-order valence-electron chi connectivity index (χ3n) is 9.72. The number of nitrogens with two attached hydrogens (primary N) is 1. The molecule has 0 aliphatic carbocycles. The lowest BCUT2D eigenvalue weighted by Crippen LogP contribution is -2.55. The molecule has 50 heavy (non-hydrogen) atoms. The minimum absolute atomic E-state index is 0.120. The molecule has 2 atom stereocenters. The molecule has 5 rings (SSSR count). The van der Waals surface area contributed by atoms with E-state index in [0.717, 1.165) is 83.7 Å². The van der Waals surface area contributed by atoms with Crippen LogP contribution in [-0.2, 0) is 27.4 Å². The molecular weight excluding hydrogens is 722 g/mol. The lowest BCUT2D eigenvalue weighted by atomic mass is 9.92. The Morgan fingerprint density at radius 3 is 1.92 bits per heavy atom. The third kappa shape index (κ3) is 13.0. The van der Waals surface area contributed by atoms with E-state index in [1.54, 1.807) is 19.1 Å². The van der Waals surface area contributed by atoms with E-state index < -0.39 is 0 Å². The minimum atomic E-state index is -0.373. The fourth-order valence-electron chi connectivity index (χ4n) is 6.90. The maximum atomic E-state index is 13.1. The van der Waals surface area contributed by atoms with Crippen molar-refractivity contribution in [1.29, 1.82) is 0 Å². The highest BCUT2D eigenvalue weighted by Crippen LogP contribution is 2.27. The van der Waals surface area contributed by atoms with Crippen LogP contribution in [0.5, 0.6) is 0 Å². The van der Waals surface area contributed by atoms with E-state index in [4.69, 9.17) is 61.6 Å². The van der Waals surface area contributed by atoms with Gasteiger partial charge in [0.15, 0.2) is 0 Å². The topological polar surface area (TPSA) is 104 Å². The highest BCUT2D eigenvalue weighted by molar-refractivity contribution is 6.42. The second-order valence-corrected chi connectivity index (χ2v) is 15.0. The Bertz CT molecular complexity index is 1380. The first-order valence-electron chi connectivity index (χ1n) is 17.4. The highest BCUT2D eigenvalue weighted by Gasteiger charge is 2.32. The van der Waals surface area contributed by atoms with Crippen molar-refractivity contribution in [2.24, 2.45) is 11.7 Å². The number of nitrogens with zero attached hydrogens (tertiary/aromatic N) is 4. The predicted octanol–water partition coefficient (Wildman–Crippen LogP) is 6.03. The summed E-state index contributed by atoms with van der Waals surface area (Å²) in [5, 5.41) is 5.88. The summed E-state index contributed by atoms with van der Waals surface area (Å²) >= 11 is 24.2. The Labute approximate surface area is 317 Å². The highest BCUT2D eigenvalue weighted by atomic mass is 35.5. The quantitative estimate of drug-likeness (QED) is 0.272. The SMILES string of the molecule is COCC[C@H]1CN(Cc2ccc(Cl)c(Cl)c2)CCN1.COCC[C@H]1CN(Cc2ccc(Cl)c(Cl)c2)CCN1C(=O)CC1CCN(C(N)=O)CC1. The summed E-state index contributed by atoms with van der Waals surface area (Å²) in [6.07, 6.45) is 4.04. The number of urea groups is 1. The molecule has 2 aromatic rings. The maximum absolute atomic E-state index is 13.1. The van der Waals surface area contributed by atoms with E-state index >= 15 is 0 Å². The number of carbonyl (C=O) groups excluding carboxylic acids is 2. The lowest BCUT2D eigenvalue weighted by Gasteiger charge is -2.42. The molecule has 0 aromatic heterocycles. The zero-order valence-corrected chi connectivity index (χ0v) is 32.3. The van der Waals surface area contributed by atoms with Crippen molar-refractivity contribution in [3.63, 3.8) is 0 Å². The Morgan fingerprint density at radius 1 is 0.780 bits per heavy atom. The van der Waals surface area contributed by atoms with Crippen molar-refractivity contribution < 1.29 is 19.1 Å². The van der Waals surface area contributed by atoms with Gasteiger partial charge in [-0.15, -0.1) is 0 Å².